The fourth-order valence-electron chi connectivity index (χ4n) is 3.75. The Hall–Kier alpha value is -2.54. The highest BCUT2D eigenvalue weighted by atomic mass is 19.1. The molecular formula is C21H27FN6. The standard InChI is InChI=1S/C21H27FN6/c22-18-15-24-21(25-16-18)28-13-11-27(12-14-28)10-4-3-9-23-20-8-7-17-5-1-2-6-19(17)26-20/h1-2,5-6,15-16H,3-4,7-14H2,(H,23,26). The van der Waals surface area contributed by atoms with Crippen LogP contribution in [0.4, 0.5) is 16.0 Å². The zero-order chi connectivity index (χ0) is 19.2. The van der Waals surface area contributed by atoms with E-state index in [2.05, 4.69) is 43.3 Å². The SMILES string of the molecule is Fc1cnc(N2CCN(CCCCNC3=Nc4ccccc4CC3)CC2)nc1. The summed E-state index contributed by atoms with van der Waals surface area (Å²) in [6.45, 7) is 5.86. The fraction of sp³-hybridized carbons (Fsp3) is 0.476. The van der Waals surface area contributed by atoms with Gasteiger partial charge < -0.3 is 10.2 Å². The summed E-state index contributed by atoms with van der Waals surface area (Å²) in [5.74, 6) is 1.35. The summed E-state index contributed by atoms with van der Waals surface area (Å²) in [5, 5.41) is 3.51. The first-order valence-electron chi connectivity index (χ1n) is 10.1. The van der Waals surface area contributed by atoms with Gasteiger partial charge in [-0.1, -0.05) is 18.2 Å². The average Bonchev–Trinajstić information content (AvgIpc) is 2.74. The molecule has 0 spiro atoms. The van der Waals surface area contributed by atoms with Gasteiger partial charge in [-0.05, 0) is 37.4 Å². The molecule has 2 aromatic rings. The third kappa shape index (κ3) is 4.84. The highest BCUT2D eigenvalue weighted by Crippen LogP contribution is 2.24. The van der Waals surface area contributed by atoms with Crippen LogP contribution in [0.25, 0.3) is 0 Å². The lowest BCUT2D eigenvalue weighted by Crippen LogP contribution is -2.47. The van der Waals surface area contributed by atoms with E-state index in [1.807, 2.05) is 6.07 Å². The predicted octanol–water partition coefficient (Wildman–Crippen LogP) is 2.78. The highest BCUT2D eigenvalue weighted by molar-refractivity contribution is 5.87. The summed E-state index contributed by atoms with van der Waals surface area (Å²) in [5.41, 5.74) is 2.46. The van der Waals surface area contributed by atoms with Gasteiger partial charge in [-0.3, -0.25) is 4.90 Å². The van der Waals surface area contributed by atoms with Gasteiger partial charge >= 0.3 is 0 Å². The van der Waals surface area contributed by atoms with Crippen molar-refractivity contribution < 1.29 is 4.39 Å². The molecule has 1 saturated heterocycles. The number of para-hydroxylation sites is 1. The van der Waals surface area contributed by atoms with Crippen LogP contribution in [0.5, 0.6) is 0 Å². The topological polar surface area (TPSA) is 56.7 Å². The van der Waals surface area contributed by atoms with Crippen LogP contribution in [0.1, 0.15) is 24.8 Å². The Morgan fingerprint density at radius 3 is 2.57 bits per heavy atom. The Morgan fingerprint density at radius 2 is 1.75 bits per heavy atom. The first kappa shape index (κ1) is 18.8. The number of halogens is 1. The van der Waals surface area contributed by atoms with Gasteiger partial charge in [-0.2, -0.15) is 0 Å². The molecule has 28 heavy (non-hydrogen) atoms. The van der Waals surface area contributed by atoms with Crippen molar-refractivity contribution in [3.63, 3.8) is 0 Å². The molecule has 1 aromatic carbocycles. The lowest BCUT2D eigenvalue weighted by atomic mass is 10.0. The summed E-state index contributed by atoms with van der Waals surface area (Å²) in [7, 11) is 0. The first-order chi connectivity index (χ1) is 13.8. The van der Waals surface area contributed by atoms with Crippen molar-refractivity contribution in [2.24, 2.45) is 4.99 Å². The number of piperazine rings is 1. The van der Waals surface area contributed by atoms with Crippen molar-refractivity contribution in [1.82, 2.24) is 20.2 Å². The molecule has 0 aliphatic carbocycles. The first-order valence-corrected chi connectivity index (χ1v) is 10.1. The normalized spacial score (nSPS) is 17.2. The van der Waals surface area contributed by atoms with Crippen molar-refractivity contribution in [2.75, 3.05) is 44.2 Å². The summed E-state index contributed by atoms with van der Waals surface area (Å²) in [4.78, 5) is 17.5. The second kappa shape index (κ2) is 9.10. The Labute approximate surface area is 165 Å². The van der Waals surface area contributed by atoms with Crippen molar-refractivity contribution >= 4 is 17.5 Å². The molecule has 1 N–H and O–H groups in total. The molecule has 4 rings (SSSR count). The van der Waals surface area contributed by atoms with E-state index in [1.54, 1.807) is 0 Å². The minimum atomic E-state index is -0.389. The van der Waals surface area contributed by atoms with Crippen LogP contribution in [-0.2, 0) is 6.42 Å². The molecule has 0 amide bonds. The summed E-state index contributed by atoms with van der Waals surface area (Å²) in [6, 6.07) is 8.39. The molecule has 0 saturated carbocycles. The predicted molar refractivity (Wildman–Crippen MR) is 110 cm³/mol. The second-order valence-corrected chi connectivity index (χ2v) is 7.35. The van der Waals surface area contributed by atoms with Gasteiger partial charge in [0.2, 0.25) is 5.95 Å². The molecule has 2 aliphatic heterocycles. The molecule has 1 fully saturated rings. The largest absolute Gasteiger partial charge is 0.374 e. The quantitative estimate of drug-likeness (QED) is 0.779. The molecule has 0 bridgehead atoms. The number of anilines is 1. The second-order valence-electron chi connectivity index (χ2n) is 7.35. The van der Waals surface area contributed by atoms with Crippen LogP contribution in [0, 0.1) is 5.82 Å². The number of benzene rings is 1. The van der Waals surface area contributed by atoms with E-state index >= 15 is 0 Å². The van der Waals surface area contributed by atoms with Crippen molar-refractivity contribution in [3.05, 3.63) is 48.0 Å². The lowest BCUT2D eigenvalue weighted by Gasteiger charge is -2.34. The average molecular weight is 382 g/mol. The molecule has 0 radical (unpaired) electrons. The number of aromatic nitrogens is 2. The molecule has 148 valence electrons. The Bertz CT molecular complexity index is 799. The zero-order valence-electron chi connectivity index (χ0n) is 16.1. The van der Waals surface area contributed by atoms with Crippen LogP contribution >= 0.6 is 0 Å². The summed E-state index contributed by atoms with van der Waals surface area (Å²) >= 11 is 0. The monoisotopic (exact) mass is 382 g/mol. The maximum Gasteiger partial charge on any atom is 0.225 e. The summed E-state index contributed by atoms with van der Waals surface area (Å²) < 4.78 is 12.9. The molecule has 0 atom stereocenters. The van der Waals surface area contributed by atoms with E-state index in [0.717, 1.165) is 70.1 Å². The molecule has 6 nitrogen and oxygen atoms in total. The number of amidine groups is 1. The van der Waals surface area contributed by atoms with Gasteiger partial charge in [-0.25, -0.2) is 19.4 Å². The maximum atomic E-state index is 12.9. The van der Waals surface area contributed by atoms with Gasteiger partial charge in [0.25, 0.3) is 0 Å². The number of rotatable bonds is 6. The van der Waals surface area contributed by atoms with Crippen molar-refractivity contribution in [1.29, 1.82) is 0 Å². The van der Waals surface area contributed by atoms with E-state index in [9.17, 15) is 4.39 Å². The molecule has 3 heterocycles. The van der Waals surface area contributed by atoms with E-state index in [4.69, 9.17) is 4.99 Å². The Balaban J connectivity index is 1.12. The van der Waals surface area contributed by atoms with Gasteiger partial charge in [0.15, 0.2) is 5.82 Å². The molecule has 2 aliphatic rings. The van der Waals surface area contributed by atoms with Gasteiger partial charge in [0.1, 0.15) is 5.84 Å². The van der Waals surface area contributed by atoms with Crippen molar-refractivity contribution in [2.45, 2.75) is 25.7 Å². The van der Waals surface area contributed by atoms with Crippen LogP contribution < -0.4 is 10.2 Å². The Kier molecular flexibility index (Phi) is 6.11. The highest BCUT2D eigenvalue weighted by Gasteiger charge is 2.18. The molecule has 0 unspecified atom stereocenters. The van der Waals surface area contributed by atoms with Gasteiger partial charge in [0, 0.05) is 39.1 Å². The molecule has 7 heteroatoms. The number of fused-ring (bicyclic) bond motifs is 1. The van der Waals surface area contributed by atoms with E-state index in [-0.39, 0.29) is 5.82 Å². The molecular weight excluding hydrogens is 355 g/mol. The van der Waals surface area contributed by atoms with E-state index in [0.29, 0.717) is 5.95 Å². The van der Waals surface area contributed by atoms with Crippen LogP contribution in [-0.4, -0.2) is 60.0 Å². The minimum absolute atomic E-state index is 0.389. The maximum absolute atomic E-state index is 12.9. The lowest BCUT2D eigenvalue weighted by molar-refractivity contribution is 0.252. The number of hydrogen-bond acceptors (Lipinski definition) is 6. The number of aryl methyl sites for hydroxylation is 1. The van der Waals surface area contributed by atoms with E-state index < -0.39 is 0 Å². The number of nitrogens with zero attached hydrogens (tertiary/aromatic N) is 5. The van der Waals surface area contributed by atoms with Gasteiger partial charge in [-0.15, -0.1) is 0 Å². The molecule has 1 aromatic heterocycles. The van der Waals surface area contributed by atoms with Crippen LogP contribution in [0.15, 0.2) is 41.7 Å². The summed E-state index contributed by atoms with van der Waals surface area (Å²) in [6.07, 6.45) is 6.86. The number of unbranched alkanes of at least 4 members (excludes halogenated alkanes) is 1. The van der Waals surface area contributed by atoms with E-state index in [1.165, 1.54) is 24.4 Å². The van der Waals surface area contributed by atoms with Crippen LogP contribution in [0.2, 0.25) is 0 Å². The minimum Gasteiger partial charge on any atom is -0.374 e. The smallest absolute Gasteiger partial charge is 0.225 e. The van der Waals surface area contributed by atoms with Crippen molar-refractivity contribution in [3.8, 4) is 0 Å². The third-order valence-corrected chi connectivity index (χ3v) is 5.37. The number of hydrogen-bond donors (Lipinski definition) is 1. The fourth-order valence-corrected chi connectivity index (χ4v) is 3.75. The third-order valence-electron chi connectivity index (χ3n) is 5.37. The van der Waals surface area contributed by atoms with Crippen LogP contribution in [0.3, 0.4) is 0 Å². The number of nitrogens with one attached hydrogen (secondary N) is 1. The number of aliphatic imine (C=N–C) groups is 1. The van der Waals surface area contributed by atoms with Gasteiger partial charge in [0.05, 0.1) is 18.1 Å². The zero-order valence-corrected chi connectivity index (χ0v) is 16.1. The Morgan fingerprint density at radius 1 is 0.964 bits per heavy atom.